The minimum atomic E-state index is -0.283. The average molecular weight is 420 g/mol. The lowest BCUT2D eigenvalue weighted by Gasteiger charge is -2.32. The third-order valence-corrected chi connectivity index (χ3v) is 5.20. The van der Waals surface area contributed by atoms with Crippen molar-refractivity contribution in [2.24, 2.45) is 0 Å². The highest BCUT2D eigenvalue weighted by molar-refractivity contribution is 5.92. The summed E-state index contributed by atoms with van der Waals surface area (Å²) < 4.78 is 16.7. The molecule has 31 heavy (non-hydrogen) atoms. The lowest BCUT2D eigenvalue weighted by atomic mass is 10.0. The van der Waals surface area contributed by atoms with E-state index in [0.717, 1.165) is 28.3 Å². The number of morpholine rings is 1. The van der Waals surface area contributed by atoms with E-state index in [-0.39, 0.29) is 12.0 Å². The second-order valence-electron chi connectivity index (χ2n) is 7.15. The summed E-state index contributed by atoms with van der Waals surface area (Å²) in [6, 6.07) is 9.71. The van der Waals surface area contributed by atoms with E-state index in [1.54, 1.807) is 25.3 Å². The Morgan fingerprint density at radius 3 is 2.74 bits per heavy atom. The first kappa shape index (κ1) is 20.7. The number of benzene rings is 1. The first-order valence-corrected chi connectivity index (χ1v) is 10.0. The molecule has 0 unspecified atom stereocenters. The van der Waals surface area contributed by atoms with Crippen molar-refractivity contribution in [3.8, 4) is 11.5 Å². The molecule has 3 aromatic rings. The van der Waals surface area contributed by atoms with E-state index in [1.165, 1.54) is 12.4 Å². The van der Waals surface area contributed by atoms with Gasteiger partial charge < -0.3 is 19.1 Å². The van der Waals surface area contributed by atoms with Gasteiger partial charge in [0.1, 0.15) is 23.3 Å². The largest absolute Gasteiger partial charge is 0.497 e. The van der Waals surface area contributed by atoms with E-state index in [4.69, 9.17) is 14.2 Å². The molecule has 1 aromatic carbocycles. The Kier molecular flexibility index (Phi) is 6.37. The zero-order valence-corrected chi connectivity index (χ0v) is 17.5. The van der Waals surface area contributed by atoms with Crippen molar-refractivity contribution in [3.05, 3.63) is 77.6 Å². The van der Waals surface area contributed by atoms with Crippen LogP contribution >= 0.6 is 0 Å². The van der Waals surface area contributed by atoms with Crippen molar-refractivity contribution >= 4 is 5.91 Å². The van der Waals surface area contributed by atoms with Crippen LogP contribution in [-0.4, -0.2) is 59.7 Å². The molecule has 8 heteroatoms. The molecule has 0 spiro atoms. The van der Waals surface area contributed by atoms with Crippen molar-refractivity contribution in [3.63, 3.8) is 0 Å². The van der Waals surface area contributed by atoms with E-state index in [0.29, 0.717) is 31.8 Å². The number of methoxy groups -OCH3 is 2. The van der Waals surface area contributed by atoms with E-state index in [2.05, 4.69) is 15.0 Å². The maximum absolute atomic E-state index is 12.7. The molecule has 160 valence electrons. The number of hydrogen-bond acceptors (Lipinski definition) is 7. The summed E-state index contributed by atoms with van der Waals surface area (Å²) in [5, 5.41) is 0. The van der Waals surface area contributed by atoms with Crippen molar-refractivity contribution in [2.75, 3.05) is 33.9 Å². The molecule has 0 aliphatic carbocycles. The van der Waals surface area contributed by atoms with Gasteiger partial charge in [-0.05, 0) is 29.8 Å². The number of aromatic nitrogens is 3. The van der Waals surface area contributed by atoms with Crippen LogP contribution in [0.3, 0.4) is 0 Å². The van der Waals surface area contributed by atoms with Gasteiger partial charge >= 0.3 is 0 Å². The molecule has 0 saturated carbocycles. The quantitative estimate of drug-likeness (QED) is 0.606. The zero-order valence-electron chi connectivity index (χ0n) is 17.5. The van der Waals surface area contributed by atoms with E-state index >= 15 is 0 Å². The Balaban J connectivity index is 1.45. The van der Waals surface area contributed by atoms with E-state index in [1.807, 2.05) is 36.5 Å². The molecule has 3 heterocycles. The predicted octanol–water partition coefficient (Wildman–Crippen LogP) is 2.69. The lowest BCUT2D eigenvalue weighted by molar-refractivity contribution is -0.0249. The summed E-state index contributed by atoms with van der Waals surface area (Å²) >= 11 is 0. The summed E-state index contributed by atoms with van der Waals surface area (Å²) in [5.41, 5.74) is 3.18. The van der Waals surface area contributed by atoms with Crippen LogP contribution in [0.5, 0.6) is 11.5 Å². The van der Waals surface area contributed by atoms with Crippen LogP contribution in [0.1, 0.15) is 33.4 Å². The summed E-state index contributed by atoms with van der Waals surface area (Å²) in [4.78, 5) is 27.1. The summed E-state index contributed by atoms with van der Waals surface area (Å²) in [6.07, 6.45) is 6.76. The minimum Gasteiger partial charge on any atom is -0.497 e. The van der Waals surface area contributed by atoms with Gasteiger partial charge in [0.2, 0.25) is 0 Å². The van der Waals surface area contributed by atoms with Gasteiger partial charge in [0, 0.05) is 37.1 Å². The molecule has 1 atom stereocenters. The number of pyridine rings is 1. The van der Waals surface area contributed by atoms with Gasteiger partial charge in [0.15, 0.2) is 0 Å². The molecule has 1 aliphatic rings. The first-order valence-electron chi connectivity index (χ1n) is 10.0. The van der Waals surface area contributed by atoms with Crippen LogP contribution in [-0.2, 0) is 11.2 Å². The lowest BCUT2D eigenvalue weighted by Crippen LogP contribution is -2.42. The van der Waals surface area contributed by atoms with Gasteiger partial charge in [-0.1, -0.05) is 6.07 Å². The van der Waals surface area contributed by atoms with Crippen molar-refractivity contribution in [2.45, 2.75) is 12.5 Å². The topological polar surface area (TPSA) is 86.7 Å². The summed E-state index contributed by atoms with van der Waals surface area (Å²) in [6.45, 7) is 1.38. The minimum absolute atomic E-state index is 0.150. The molecule has 0 N–H and O–H groups in total. The number of hydrogen-bond donors (Lipinski definition) is 0. The third kappa shape index (κ3) is 4.80. The van der Waals surface area contributed by atoms with Gasteiger partial charge in [-0.15, -0.1) is 0 Å². The number of rotatable bonds is 6. The van der Waals surface area contributed by atoms with Gasteiger partial charge in [-0.3, -0.25) is 14.8 Å². The van der Waals surface area contributed by atoms with E-state index < -0.39 is 0 Å². The molecule has 1 aliphatic heterocycles. The van der Waals surface area contributed by atoms with Crippen LogP contribution in [0.25, 0.3) is 0 Å². The van der Waals surface area contributed by atoms with E-state index in [9.17, 15) is 4.79 Å². The molecule has 2 aromatic heterocycles. The van der Waals surface area contributed by atoms with Crippen molar-refractivity contribution < 1.29 is 19.0 Å². The van der Waals surface area contributed by atoms with Gasteiger partial charge in [-0.2, -0.15) is 0 Å². The highest BCUT2D eigenvalue weighted by Gasteiger charge is 2.27. The van der Waals surface area contributed by atoms with Crippen molar-refractivity contribution in [1.29, 1.82) is 0 Å². The van der Waals surface area contributed by atoms with Gasteiger partial charge in [-0.25, -0.2) is 4.98 Å². The Morgan fingerprint density at radius 1 is 1.13 bits per heavy atom. The maximum atomic E-state index is 12.7. The van der Waals surface area contributed by atoms with Crippen LogP contribution < -0.4 is 9.47 Å². The number of carbonyl (C=O) groups excluding carboxylic acids is 1. The van der Waals surface area contributed by atoms with Gasteiger partial charge in [0.25, 0.3) is 5.91 Å². The number of carbonyl (C=O) groups is 1. The molecule has 0 radical (unpaired) electrons. The standard InChI is InChI=1S/C23H24N4O4/c1-29-18-4-6-21(30-2)17(12-18)11-16-3-5-19(26-13-16)22-15-27(9-10-31-22)23(28)20-14-24-7-8-25-20/h3-8,12-14,22H,9-11,15H2,1-2H3/t22-/m1/s1. The number of ether oxygens (including phenoxy) is 3. The molecule has 1 amide bonds. The monoisotopic (exact) mass is 420 g/mol. The predicted molar refractivity (Wildman–Crippen MR) is 113 cm³/mol. The highest BCUT2D eigenvalue weighted by atomic mass is 16.5. The molecule has 4 rings (SSSR count). The highest BCUT2D eigenvalue weighted by Crippen LogP contribution is 2.27. The Hall–Kier alpha value is -3.52. The SMILES string of the molecule is COc1ccc(OC)c(Cc2ccc([C@H]3CN(C(=O)c4cnccn4)CCO3)nc2)c1. The number of nitrogens with zero attached hydrogens (tertiary/aromatic N) is 4. The van der Waals surface area contributed by atoms with Crippen LogP contribution in [0.4, 0.5) is 0 Å². The number of amides is 1. The molecular formula is C23H24N4O4. The van der Waals surface area contributed by atoms with Crippen LogP contribution in [0.15, 0.2) is 55.1 Å². The zero-order chi connectivity index (χ0) is 21.6. The summed E-state index contributed by atoms with van der Waals surface area (Å²) in [5.74, 6) is 1.44. The summed E-state index contributed by atoms with van der Waals surface area (Å²) in [7, 11) is 3.30. The van der Waals surface area contributed by atoms with Gasteiger partial charge in [0.05, 0.1) is 39.3 Å². The molecule has 1 saturated heterocycles. The Bertz CT molecular complexity index is 1030. The average Bonchev–Trinajstić information content (AvgIpc) is 2.84. The second-order valence-corrected chi connectivity index (χ2v) is 7.15. The Morgan fingerprint density at radius 2 is 2.03 bits per heavy atom. The second kappa shape index (κ2) is 9.53. The molecule has 8 nitrogen and oxygen atoms in total. The molecule has 1 fully saturated rings. The molecule has 0 bridgehead atoms. The molecular weight excluding hydrogens is 396 g/mol. The van der Waals surface area contributed by atoms with Crippen LogP contribution in [0, 0.1) is 0 Å². The third-order valence-electron chi connectivity index (χ3n) is 5.20. The smallest absolute Gasteiger partial charge is 0.274 e. The fourth-order valence-electron chi connectivity index (χ4n) is 3.56. The maximum Gasteiger partial charge on any atom is 0.274 e. The van der Waals surface area contributed by atoms with Crippen LogP contribution in [0.2, 0.25) is 0 Å². The first-order chi connectivity index (χ1) is 15.2. The fourth-order valence-corrected chi connectivity index (χ4v) is 3.56. The van der Waals surface area contributed by atoms with Crippen molar-refractivity contribution in [1.82, 2.24) is 19.9 Å². The normalized spacial score (nSPS) is 16.1. The Labute approximate surface area is 180 Å². The fraction of sp³-hybridized carbons (Fsp3) is 0.304.